The molecule has 2 nitrogen and oxygen atoms in total. The molecular formula is C24H27NO. The van der Waals surface area contributed by atoms with Gasteiger partial charge in [0.1, 0.15) is 5.75 Å². The number of phenolic OH excluding ortho intramolecular Hbond substituents is 1. The fourth-order valence-electron chi connectivity index (χ4n) is 5.70. The number of fused-ring (bicyclic) bond motifs is 3. The predicted octanol–water partition coefficient (Wildman–Crippen LogP) is 4.33. The standard InChI is InChI=1S/C24H27NO/c1-24-11-9-18-13-22(24)23(14-19-7-8-20(26)15-21(19)24)25(16-18)12-10-17-5-3-2-4-6-17/h2-9,11,15,18,22-23,26H,10,12-14,16H2,1H3/t18?,22?,23?,24-/m0/s1. The molecule has 1 fully saturated rings. The molecule has 2 heteroatoms. The summed E-state index contributed by atoms with van der Waals surface area (Å²) in [5.74, 6) is 1.73. The van der Waals surface area contributed by atoms with Gasteiger partial charge in [-0.05, 0) is 59.9 Å². The molecule has 0 saturated carbocycles. The number of phenols is 1. The van der Waals surface area contributed by atoms with Gasteiger partial charge in [0.05, 0.1) is 0 Å². The molecule has 134 valence electrons. The van der Waals surface area contributed by atoms with Crippen molar-refractivity contribution in [1.29, 1.82) is 0 Å². The highest BCUT2D eigenvalue weighted by atomic mass is 16.3. The minimum absolute atomic E-state index is 0.0545. The normalized spacial score (nSPS) is 32.3. The highest BCUT2D eigenvalue weighted by Gasteiger charge is 2.50. The van der Waals surface area contributed by atoms with E-state index in [0.29, 0.717) is 23.6 Å². The van der Waals surface area contributed by atoms with Crippen molar-refractivity contribution in [2.75, 3.05) is 13.1 Å². The van der Waals surface area contributed by atoms with Crippen molar-refractivity contribution >= 4 is 0 Å². The summed E-state index contributed by atoms with van der Waals surface area (Å²) in [6.07, 6.45) is 8.42. The highest BCUT2D eigenvalue weighted by molar-refractivity contribution is 5.47. The molecule has 0 radical (unpaired) electrons. The van der Waals surface area contributed by atoms with Crippen molar-refractivity contribution in [3.05, 3.63) is 77.4 Å². The van der Waals surface area contributed by atoms with Crippen LogP contribution in [0.3, 0.4) is 0 Å². The van der Waals surface area contributed by atoms with Crippen molar-refractivity contribution in [3.8, 4) is 5.75 Å². The van der Waals surface area contributed by atoms with Gasteiger partial charge in [-0.2, -0.15) is 0 Å². The third-order valence-electron chi connectivity index (χ3n) is 7.08. The Hall–Kier alpha value is -2.06. The van der Waals surface area contributed by atoms with Crippen LogP contribution in [0, 0.1) is 11.8 Å². The smallest absolute Gasteiger partial charge is 0.115 e. The average Bonchev–Trinajstić information content (AvgIpc) is 2.67. The molecule has 2 aromatic rings. The second kappa shape index (κ2) is 5.99. The Kier molecular flexibility index (Phi) is 3.72. The molecule has 0 spiro atoms. The fraction of sp³-hybridized carbons (Fsp3) is 0.417. The lowest BCUT2D eigenvalue weighted by atomic mass is 9.55. The Labute approximate surface area is 156 Å². The lowest BCUT2D eigenvalue weighted by molar-refractivity contribution is 0.0251. The largest absolute Gasteiger partial charge is 0.508 e. The van der Waals surface area contributed by atoms with E-state index >= 15 is 0 Å². The number of rotatable bonds is 3. The Balaban J connectivity index is 1.48. The molecule has 26 heavy (non-hydrogen) atoms. The lowest BCUT2D eigenvalue weighted by Gasteiger charge is -2.56. The van der Waals surface area contributed by atoms with E-state index in [9.17, 15) is 5.11 Å². The first kappa shape index (κ1) is 16.1. The summed E-state index contributed by atoms with van der Waals surface area (Å²) >= 11 is 0. The second-order valence-electron chi connectivity index (χ2n) is 8.59. The van der Waals surface area contributed by atoms with Gasteiger partial charge < -0.3 is 5.11 Å². The topological polar surface area (TPSA) is 23.5 Å². The lowest BCUT2D eigenvalue weighted by Crippen LogP contribution is -2.59. The molecule has 1 saturated heterocycles. The van der Waals surface area contributed by atoms with Crippen LogP contribution in [-0.4, -0.2) is 29.1 Å². The fourth-order valence-corrected chi connectivity index (χ4v) is 5.70. The number of aromatic hydroxyl groups is 1. The van der Waals surface area contributed by atoms with Gasteiger partial charge in [-0.25, -0.2) is 0 Å². The Morgan fingerprint density at radius 1 is 1.15 bits per heavy atom. The number of hydrogen-bond acceptors (Lipinski definition) is 2. The van der Waals surface area contributed by atoms with Gasteiger partial charge in [0.25, 0.3) is 0 Å². The second-order valence-corrected chi connectivity index (χ2v) is 8.59. The maximum atomic E-state index is 10.1. The average molecular weight is 345 g/mol. The van der Waals surface area contributed by atoms with Gasteiger partial charge in [0.15, 0.2) is 0 Å². The molecule has 1 heterocycles. The van der Waals surface area contributed by atoms with Gasteiger partial charge in [0.2, 0.25) is 0 Å². The van der Waals surface area contributed by atoms with Crippen LogP contribution in [0.4, 0.5) is 0 Å². The van der Waals surface area contributed by atoms with Crippen molar-refractivity contribution in [1.82, 2.24) is 4.90 Å². The van der Waals surface area contributed by atoms with Crippen LogP contribution in [0.1, 0.15) is 30.0 Å². The van der Waals surface area contributed by atoms with E-state index in [2.05, 4.69) is 60.4 Å². The Morgan fingerprint density at radius 3 is 2.85 bits per heavy atom. The summed E-state index contributed by atoms with van der Waals surface area (Å²) in [7, 11) is 0. The van der Waals surface area contributed by atoms with E-state index in [0.717, 1.165) is 19.4 Å². The summed E-state index contributed by atoms with van der Waals surface area (Å²) in [5.41, 5.74) is 4.25. The first-order valence-electron chi connectivity index (χ1n) is 9.93. The molecule has 3 aliphatic rings. The summed E-state index contributed by atoms with van der Waals surface area (Å²) in [5, 5.41) is 10.1. The summed E-state index contributed by atoms with van der Waals surface area (Å²) in [4.78, 5) is 2.75. The summed E-state index contributed by atoms with van der Waals surface area (Å²) < 4.78 is 0. The highest BCUT2D eigenvalue weighted by Crippen LogP contribution is 2.52. The van der Waals surface area contributed by atoms with E-state index in [1.165, 1.54) is 29.7 Å². The van der Waals surface area contributed by atoms with Crippen LogP contribution in [-0.2, 0) is 18.3 Å². The quantitative estimate of drug-likeness (QED) is 0.837. The molecule has 2 aliphatic carbocycles. The van der Waals surface area contributed by atoms with Crippen LogP contribution in [0.2, 0.25) is 0 Å². The maximum Gasteiger partial charge on any atom is 0.115 e. The zero-order valence-electron chi connectivity index (χ0n) is 15.4. The van der Waals surface area contributed by atoms with E-state index in [4.69, 9.17) is 0 Å². The minimum atomic E-state index is 0.0545. The third-order valence-corrected chi connectivity index (χ3v) is 7.08. The van der Waals surface area contributed by atoms with Gasteiger partial charge in [-0.1, -0.05) is 55.5 Å². The summed E-state index contributed by atoms with van der Waals surface area (Å²) in [6, 6.07) is 17.5. The molecule has 3 unspecified atom stereocenters. The van der Waals surface area contributed by atoms with Crippen molar-refractivity contribution in [2.24, 2.45) is 11.8 Å². The van der Waals surface area contributed by atoms with Gasteiger partial charge in [0, 0.05) is 24.5 Å². The minimum Gasteiger partial charge on any atom is -0.508 e. The van der Waals surface area contributed by atoms with Crippen molar-refractivity contribution in [2.45, 2.75) is 37.6 Å². The summed E-state index contributed by atoms with van der Waals surface area (Å²) in [6.45, 7) is 4.71. The first-order chi connectivity index (χ1) is 12.6. The molecular weight excluding hydrogens is 318 g/mol. The van der Waals surface area contributed by atoms with Crippen LogP contribution < -0.4 is 0 Å². The molecule has 5 rings (SSSR count). The Bertz CT molecular complexity index is 843. The number of likely N-dealkylation sites (tertiary alicyclic amines) is 1. The third kappa shape index (κ3) is 2.51. The van der Waals surface area contributed by atoms with Crippen molar-refractivity contribution in [3.63, 3.8) is 0 Å². The van der Waals surface area contributed by atoms with Gasteiger partial charge in [-0.15, -0.1) is 0 Å². The molecule has 1 aliphatic heterocycles. The van der Waals surface area contributed by atoms with Crippen LogP contribution in [0.25, 0.3) is 0 Å². The molecule has 2 bridgehead atoms. The number of allylic oxidation sites excluding steroid dienone is 1. The van der Waals surface area contributed by atoms with Crippen molar-refractivity contribution < 1.29 is 5.11 Å². The van der Waals surface area contributed by atoms with Crippen LogP contribution in [0.15, 0.2) is 60.7 Å². The first-order valence-corrected chi connectivity index (χ1v) is 9.93. The number of benzene rings is 2. The number of hydrogen-bond donors (Lipinski definition) is 1. The number of nitrogens with zero attached hydrogens (tertiary/aromatic N) is 1. The molecule has 2 aromatic carbocycles. The molecule has 0 amide bonds. The van der Waals surface area contributed by atoms with Gasteiger partial charge in [-0.3, -0.25) is 4.90 Å². The maximum absolute atomic E-state index is 10.1. The predicted molar refractivity (Wildman–Crippen MR) is 105 cm³/mol. The van der Waals surface area contributed by atoms with E-state index in [1.54, 1.807) is 0 Å². The van der Waals surface area contributed by atoms with Crippen LogP contribution in [0.5, 0.6) is 5.75 Å². The van der Waals surface area contributed by atoms with E-state index in [1.807, 2.05) is 12.1 Å². The number of piperidine rings is 1. The van der Waals surface area contributed by atoms with E-state index < -0.39 is 0 Å². The SMILES string of the molecule is C[C@@]12C=CC3CC1C(Cc1ccc(O)cc12)N(CCc1ccccc1)C3. The van der Waals surface area contributed by atoms with E-state index in [-0.39, 0.29) is 5.41 Å². The Morgan fingerprint density at radius 2 is 2.00 bits per heavy atom. The molecule has 1 N–H and O–H groups in total. The monoisotopic (exact) mass is 345 g/mol. The van der Waals surface area contributed by atoms with Crippen LogP contribution >= 0.6 is 0 Å². The zero-order chi connectivity index (χ0) is 17.7. The molecule has 4 atom stereocenters. The zero-order valence-corrected chi connectivity index (χ0v) is 15.4. The van der Waals surface area contributed by atoms with Gasteiger partial charge >= 0.3 is 0 Å². The molecule has 0 aromatic heterocycles.